The second-order valence-electron chi connectivity index (χ2n) is 3.22. The Morgan fingerprint density at radius 1 is 1.29 bits per heavy atom. The van der Waals surface area contributed by atoms with Gasteiger partial charge in [-0.1, -0.05) is 28.1 Å². The lowest BCUT2D eigenvalue weighted by Gasteiger charge is -2.07. The van der Waals surface area contributed by atoms with Gasteiger partial charge < -0.3 is 5.73 Å². The molecule has 1 heterocycles. The second kappa shape index (κ2) is 4.30. The van der Waals surface area contributed by atoms with Crippen LogP contribution in [0.4, 0.5) is 0 Å². The first kappa shape index (κ1) is 11.8. The molecule has 0 atom stereocenters. The van der Waals surface area contributed by atoms with Crippen molar-refractivity contribution < 1.29 is 0 Å². The van der Waals surface area contributed by atoms with E-state index in [2.05, 4.69) is 26.1 Å². The number of nitrogens with two attached hydrogens (primary N) is 1. The molecule has 88 valence electrons. The largest absolute Gasteiger partial charge is 0.389 e. The van der Waals surface area contributed by atoms with Gasteiger partial charge >= 0.3 is 11.4 Å². The summed E-state index contributed by atoms with van der Waals surface area (Å²) in [5, 5.41) is 4.38. The van der Waals surface area contributed by atoms with Crippen molar-refractivity contribution in [1.29, 1.82) is 0 Å². The Labute approximate surface area is 109 Å². The summed E-state index contributed by atoms with van der Waals surface area (Å²) in [4.78, 5) is 23.1. The van der Waals surface area contributed by atoms with Crippen LogP contribution < -0.4 is 17.1 Å². The molecule has 0 aliphatic rings. The lowest BCUT2D eigenvalue weighted by molar-refractivity contribution is 0.949. The van der Waals surface area contributed by atoms with Gasteiger partial charge in [-0.25, -0.2) is 24.4 Å². The fourth-order valence-corrected chi connectivity index (χ4v) is 1.95. The molecule has 17 heavy (non-hydrogen) atoms. The molecule has 2 rings (SSSR count). The van der Waals surface area contributed by atoms with Gasteiger partial charge in [-0.2, -0.15) is 0 Å². The van der Waals surface area contributed by atoms with E-state index in [-0.39, 0.29) is 4.99 Å². The molecule has 0 unspecified atom stereocenters. The Kier molecular flexibility index (Phi) is 2.99. The lowest BCUT2D eigenvalue weighted by atomic mass is 10.2. The van der Waals surface area contributed by atoms with Crippen molar-refractivity contribution in [3.8, 4) is 5.69 Å². The molecule has 1 aromatic carbocycles. The maximum Gasteiger partial charge on any atom is 0.349 e. The third-order valence-corrected chi connectivity index (χ3v) is 2.86. The van der Waals surface area contributed by atoms with Gasteiger partial charge in [0.25, 0.3) is 0 Å². The van der Waals surface area contributed by atoms with E-state index in [1.54, 1.807) is 18.2 Å². The van der Waals surface area contributed by atoms with Crippen molar-refractivity contribution in [1.82, 2.24) is 14.8 Å². The van der Waals surface area contributed by atoms with Crippen LogP contribution in [-0.2, 0) is 0 Å². The van der Waals surface area contributed by atoms with E-state index in [9.17, 15) is 9.59 Å². The van der Waals surface area contributed by atoms with E-state index in [4.69, 9.17) is 18.0 Å². The summed E-state index contributed by atoms with van der Waals surface area (Å²) in [6.45, 7) is 0. The van der Waals surface area contributed by atoms with E-state index >= 15 is 0 Å². The van der Waals surface area contributed by atoms with Crippen molar-refractivity contribution in [2.45, 2.75) is 0 Å². The minimum atomic E-state index is -0.574. The van der Waals surface area contributed by atoms with Crippen LogP contribution in [-0.4, -0.2) is 19.8 Å². The number of hydrogen-bond acceptors (Lipinski definition) is 3. The van der Waals surface area contributed by atoms with Gasteiger partial charge in [0.1, 0.15) is 4.99 Å². The molecular formula is C9H7BrN4O2S. The van der Waals surface area contributed by atoms with Gasteiger partial charge in [0, 0.05) is 10.0 Å². The minimum Gasteiger partial charge on any atom is -0.389 e. The number of nitrogens with one attached hydrogen (secondary N) is 2. The highest BCUT2D eigenvalue weighted by Crippen LogP contribution is 2.18. The van der Waals surface area contributed by atoms with E-state index < -0.39 is 11.4 Å². The van der Waals surface area contributed by atoms with Gasteiger partial charge in [0.2, 0.25) is 0 Å². The maximum atomic E-state index is 11.5. The molecule has 1 aromatic heterocycles. The Bertz CT molecular complexity index is 672. The SMILES string of the molecule is NC(=S)c1cc(Br)ccc1-n1c(=O)[nH][nH]c1=O. The third-order valence-electron chi connectivity index (χ3n) is 2.15. The number of rotatable bonds is 2. The smallest absolute Gasteiger partial charge is 0.349 e. The van der Waals surface area contributed by atoms with E-state index in [0.29, 0.717) is 11.3 Å². The summed E-state index contributed by atoms with van der Waals surface area (Å²) in [6.07, 6.45) is 0. The molecule has 6 nitrogen and oxygen atoms in total. The third kappa shape index (κ3) is 2.08. The standard InChI is InChI=1S/C9H7BrN4O2S/c10-4-1-2-6(5(3-4)7(11)17)14-8(15)12-13-9(14)16/h1-3H,(H2,11,17)(H,12,15)(H,13,16). The van der Waals surface area contributed by atoms with Crippen molar-refractivity contribution in [2.24, 2.45) is 5.73 Å². The summed E-state index contributed by atoms with van der Waals surface area (Å²) < 4.78 is 1.69. The van der Waals surface area contributed by atoms with Crippen LogP contribution in [0.5, 0.6) is 0 Å². The predicted molar refractivity (Wildman–Crippen MR) is 70.6 cm³/mol. The van der Waals surface area contributed by atoms with Crippen LogP contribution >= 0.6 is 28.1 Å². The molecule has 0 radical (unpaired) electrons. The average Bonchev–Trinajstić information content (AvgIpc) is 2.59. The Hall–Kier alpha value is -1.67. The minimum absolute atomic E-state index is 0.105. The molecule has 0 amide bonds. The molecule has 0 saturated heterocycles. The lowest BCUT2D eigenvalue weighted by Crippen LogP contribution is -2.27. The summed E-state index contributed by atoms with van der Waals surface area (Å²) in [6, 6.07) is 4.93. The van der Waals surface area contributed by atoms with Crippen LogP contribution in [0.15, 0.2) is 32.3 Å². The molecule has 0 bridgehead atoms. The van der Waals surface area contributed by atoms with E-state index in [0.717, 1.165) is 9.04 Å². The number of benzene rings is 1. The number of hydrogen-bond donors (Lipinski definition) is 3. The van der Waals surface area contributed by atoms with Crippen LogP contribution in [0.3, 0.4) is 0 Å². The normalized spacial score (nSPS) is 10.4. The summed E-state index contributed by atoms with van der Waals surface area (Å²) >= 11 is 8.16. The fourth-order valence-electron chi connectivity index (χ4n) is 1.43. The summed E-state index contributed by atoms with van der Waals surface area (Å²) in [5.74, 6) is 0. The number of aromatic nitrogens is 3. The van der Waals surface area contributed by atoms with Gasteiger partial charge in [0.05, 0.1) is 5.69 Å². The highest BCUT2D eigenvalue weighted by atomic mass is 79.9. The maximum absolute atomic E-state index is 11.5. The number of halogens is 1. The molecule has 4 N–H and O–H groups in total. The van der Waals surface area contributed by atoms with Crippen LogP contribution in [0.25, 0.3) is 5.69 Å². The van der Waals surface area contributed by atoms with Crippen LogP contribution in [0, 0.1) is 0 Å². The molecule has 0 fully saturated rings. The van der Waals surface area contributed by atoms with Crippen molar-refractivity contribution >= 4 is 33.1 Å². The highest BCUT2D eigenvalue weighted by Gasteiger charge is 2.12. The van der Waals surface area contributed by atoms with Gasteiger partial charge in [-0.3, -0.25) is 0 Å². The first-order chi connectivity index (χ1) is 8.00. The Balaban J connectivity index is 2.81. The predicted octanol–water partition coefficient (Wildman–Crippen LogP) is 0.251. The van der Waals surface area contributed by atoms with E-state index in [1.165, 1.54) is 0 Å². The number of aromatic amines is 2. The van der Waals surface area contributed by atoms with Crippen molar-refractivity contribution in [3.05, 3.63) is 49.2 Å². The molecule has 2 aromatic rings. The zero-order valence-corrected chi connectivity index (χ0v) is 10.8. The van der Waals surface area contributed by atoms with E-state index in [1.807, 2.05) is 0 Å². The number of H-pyrrole nitrogens is 2. The summed E-state index contributed by atoms with van der Waals surface area (Å²) in [5.41, 5.74) is 5.20. The van der Waals surface area contributed by atoms with Gasteiger partial charge in [-0.05, 0) is 18.2 Å². The zero-order chi connectivity index (χ0) is 12.6. The van der Waals surface area contributed by atoms with Crippen molar-refractivity contribution in [3.63, 3.8) is 0 Å². The van der Waals surface area contributed by atoms with Crippen molar-refractivity contribution in [2.75, 3.05) is 0 Å². The topological polar surface area (TPSA) is 96.7 Å². The van der Waals surface area contributed by atoms with Gasteiger partial charge in [0.15, 0.2) is 0 Å². The molecular weight excluding hydrogens is 308 g/mol. The Morgan fingerprint density at radius 3 is 2.41 bits per heavy atom. The zero-order valence-electron chi connectivity index (χ0n) is 8.36. The highest BCUT2D eigenvalue weighted by molar-refractivity contribution is 9.10. The Morgan fingerprint density at radius 2 is 1.88 bits per heavy atom. The molecule has 0 saturated carbocycles. The summed E-state index contributed by atoms with van der Waals surface area (Å²) in [7, 11) is 0. The molecule has 0 aliphatic carbocycles. The second-order valence-corrected chi connectivity index (χ2v) is 4.58. The van der Waals surface area contributed by atoms with Gasteiger partial charge in [-0.15, -0.1) is 0 Å². The average molecular weight is 315 g/mol. The van der Waals surface area contributed by atoms with Crippen LogP contribution in [0.1, 0.15) is 5.56 Å². The van der Waals surface area contributed by atoms with Crippen LogP contribution in [0.2, 0.25) is 0 Å². The monoisotopic (exact) mass is 314 g/mol. The quantitative estimate of drug-likeness (QED) is 0.692. The fraction of sp³-hybridized carbons (Fsp3) is 0. The first-order valence-corrected chi connectivity index (χ1v) is 5.70. The molecule has 8 heteroatoms. The molecule has 0 aliphatic heterocycles. The molecule has 0 spiro atoms. The number of nitrogens with zero attached hydrogens (tertiary/aromatic N) is 1. The first-order valence-electron chi connectivity index (χ1n) is 4.50. The number of thiocarbonyl (C=S) groups is 1.